The minimum atomic E-state index is -0.835. The lowest BCUT2D eigenvalue weighted by molar-refractivity contribution is -0.208. The summed E-state index contributed by atoms with van der Waals surface area (Å²) in [6, 6.07) is 0. The van der Waals surface area contributed by atoms with Gasteiger partial charge in [0.15, 0.2) is 0 Å². The van der Waals surface area contributed by atoms with E-state index in [0.29, 0.717) is 6.42 Å². The number of hydrogen-bond donors (Lipinski definition) is 0. The molecule has 0 spiro atoms. The zero-order valence-electron chi connectivity index (χ0n) is 12.5. The van der Waals surface area contributed by atoms with Gasteiger partial charge in [0.1, 0.15) is 18.8 Å². The highest BCUT2D eigenvalue weighted by molar-refractivity contribution is 5.66. The standard InChI is InChI=1S/C13H22O7/c1-6-12(19-10(4)16)13(7-17-8(2)14)20-11(5)18-9(3)15/h11-13H,6-7H2,1-5H3/t11?,12-,13?/m0/s1. The summed E-state index contributed by atoms with van der Waals surface area (Å²) in [4.78, 5) is 32.8. The van der Waals surface area contributed by atoms with Crippen molar-refractivity contribution >= 4 is 17.9 Å². The van der Waals surface area contributed by atoms with Gasteiger partial charge >= 0.3 is 17.9 Å². The number of carbonyl (C=O) groups excluding carboxylic acids is 3. The SMILES string of the molecule is CC[C@H](OC(C)=O)C(COC(C)=O)OC(C)OC(C)=O. The molecule has 0 rings (SSSR count). The first kappa shape index (κ1) is 18.4. The molecule has 0 saturated heterocycles. The molecule has 0 heterocycles. The molecule has 0 aliphatic carbocycles. The van der Waals surface area contributed by atoms with Gasteiger partial charge in [-0.05, 0) is 13.3 Å². The molecule has 0 fully saturated rings. The summed E-state index contributed by atoms with van der Waals surface area (Å²) in [6.07, 6.45) is -1.66. The molecule has 7 heteroatoms. The average molecular weight is 290 g/mol. The van der Waals surface area contributed by atoms with Crippen molar-refractivity contribution < 1.29 is 33.3 Å². The van der Waals surface area contributed by atoms with Gasteiger partial charge in [-0.1, -0.05) is 6.92 Å². The Balaban J connectivity index is 4.70. The third-order valence-corrected chi connectivity index (χ3v) is 2.28. The number of hydrogen-bond acceptors (Lipinski definition) is 7. The average Bonchev–Trinajstić information content (AvgIpc) is 2.30. The molecule has 0 amide bonds. The predicted molar refractivity (Wildman–Crippen MR) is 68.6 cm³/mol. The fraction of sp³-hybridized carbons (Fsp3) is 0.769. The van der Waals surface area contributed by atoms with Crippen molar-refractivity contribution in [3.63, 3.8) is 0 Å². The normalized spacial score (nSPS) is 14.8. The van der Waals surface area contributed by atoms with Crippen molar-refractivity contribution in [2.24, 2.45) is 0 Å². The van der Waals surface area contributed by atoms with E-state index in [4.69, 9.17) is 18.9 Å². The maximum Gasteiger partial charge on any atom is 0.304 e. The third kappa shape index (κ3) is 8.47. The minimum absolute atomic E-state index is 0.0906. The molecule has 0 bridgehead atoms. The fourth-order valence-electron chi connectivity index (χ4n) is 1.58. The Morgan fingerprint density at radius 3 is 1.85 bits per heavy atom. The van der Waals surface area contributed by atoms with E-state index in [-0.39, 0.29) is 6.61 Å². The second kappa shape index (κ2) is 9.30. The van der Waals surface area contributed by atoms with Crippen molar-refractivity contribution in [3.8, 4) is 0 Å². The summed E-state index contributed by atoms with van der Waals surface area (Å²) in [5.74, 6) is -1.44. The van der Waals surface area contributed by atoms with E-state index in [1.165, 1.54) is 27.7 Å². The molecule has 0 aliphatic rings. The molecule has 0 aromatic carbocycles. The molecular formula is C13H22O7. The largest absolute Gasteiger partial charge is 0.463 e. The van der Waals surface area contributed by atoms with Crippen LogP contribution in [0.4, 0.5) is 0 Å². The van der Waals surface area contributed by atoms with E-state index in [0.717, 1.165) is 0 Å². The van der Waals surface area contributed by atoms with E-state index >= 15 is 0 Å². The summed E-state index contributed by atoms with van der Waals surface area (Å²) in [5, 5.41) is 0. The molecule has 0 aromatic heterocycles. The van der Waals surface area contributed by atoms with Crippen molar-refractivity contribution in [2.75, 3.05) is 6.61 Å². The zero-order chi connectivity index (χ0) is 15.7. The van der Waals surface area contributed by atoms with Crippen LogP contribution in [0, 0.1) is 0 Å². The third-order valence-electron chi connectivity index (χ3n) is 2.28. The van der Waals surface area contributed by atoms with Crippen LogP contribution in [0.2, 0.25) is 0 Å². The van der Waals surface area contributed by atoms with Crippen LogP contribution in [0.3, 0.4) is 0 Å². The highest BCUT2D eigenvalue weighted by Gasteiger charge is 2.27. The highest BCUT2D eigenvalue weighted by atomic mass is 16.7. The second-order valence-corrected chi connectivity index (χ2v) is 4.21. The van der Waals surface area contributed by atoms with Crippen LogP contribution in [0.15, 0.2) is 0 Å². The van der Waals surface area contributed by atoms with Crippen LogP contribution in [0.1, 0.15) is 41.0 Å². The lowest BCUT2D eigenvalue weighted by Gasteiger charge is -2.27. The number of esters is 3. The summed E-state index contributed by atoms with van der Waals surface area (Å²) in [6.45, 7) is 7.04. The molecule has 116 valence electrons. The zero-order valence-corrected chi connectivity index (χ0v) is 12.5. The van der Waals surface area contributed by atoms with Gasteiger partial charge < -0.3 is 18.9 Å². The molecule has 0 aliphatic heterocycles. The van der Waals surface area contributed by atoms with Crippen molar-refractivity contribution in [3.05, 3.63) is 0 Å². The second-order valence-electron chi connectivity index (χ2n) is 4.21. The lowest BCUT2D eigenvalue weighted by Crippen LogP contribution is -2.39. The van der Waals surface area contributed by atoms with Gasteiger partial charge in [0.2, 0.25) is 6.29 Å². The Kier molecular flexibility index (Phi) is 8.54. The van der Waals surface area contributed by atoms with Crippen molar-refractivity contribution in [1.82, 2.24) is 0 Å². The van der Waals surface area contributed by atoms with Crippen LogP contribution in [0.5, 0.6) is 0 Å². The predicted octanol–water partition coefficient (Wildman–Crippen LogP) is 1.19. The Labute approximate surface area is 118 Å². The van der Waals surface area contributed by atoms with Gasteiger partial charge in [0, 0.05) is 20.8 Å². The summed E-state index contributed by atoms with van der Waals surface area (Å²) in [5.41, 5.74) is 0. The van der Waals surface area contributed by atoms with E-state index in [9.17, 15) is 14.4 Å². The molecule has 20 heavy (non-hydrogen) atoms. The van der Waals surface area contributed by atoms with Gasteiger partial charge in [0.05, 0.1) is 0 Å². The smallest absolute Gasteiger partial charge is 0.304 e. The maximum absolute atomic E-state index is 11.0. The van der Waals surface area contributed by atoms with Crippen LogP contribution in [-0.2, 0) is 33.3 Å². The number of rotatable bonds is 8. The number of ether oxygens (including phenoxy) is 4. The van der Waals surface area contributed by atoms with E-state index < -0.39 is 36.4 Å². The molecule has 0 radical (unpaired) electrons. The molecule has 3 atom stereocenters. The first-order valence-electron chi connectivity index (χ1n) is 6.39. The topological polar surface area (TPSA) is 88.1 Å². The minimum Gasteiger partial charge on any atom is -0.463 e. The first-order valence-corrected chi connectivity index (χ1v) is 6.39. The first-order chi connectivity index (χ1) is 9.26. The Morgan fingerprint density at radius 1 is 0.900 bits per heavy atom. The molecule has 7 nitrogen and oxygen atoms in total. The van der Waals surface area contributed by atoms with E-state index in [1.807, 2.05) is 0 Å². The van der Waals surface area contributed by atoms with Gasteiger partial charge in [-0.3, -0.25) is 14.4 Å². The van der Waals surface area contributed by atoms with Crippen molar-refractivity contribution in [1.29, 1.82) is 0 Å². The fourth-order valence-corrected chi connectivity index (χ4v) is 1.58. The Hall–Kier alpha value is -1.63. The molecule has 2 unspecified atom stereocenters. The summed E-state index contributed by atoms with van der Waals surface area (Å²) >= 11 is 0. The lowest BCUT2D eigenvalue weighted by atomic mass is 10.1. The number of carbonyl (C=O) groups is 3. The van der Waals surface area contributed by atoms with Gasteiger partial charge in [0.25, 0.3) is 0 Å². The molecular weight excluding hydrogens is 268 g/mol. The Bertz CT molecular complexity index is 340. The Morgan fingerprint density at radius 2 is 1.45 bits per heavy atom. The highest BCUT2D eigenvalue weighted by Crippen LogP contribution is 2.13. The van der Waals surface area contributed by atoms with Gasteiger partial charge in [-0.15, -0.1) is 0 Å². The quantitative estimate of drug-likeness (QED) is 0.377. The summed E-state index contributed by atoms with van der Waals surface area (Å²) in [7, 11) is 0. The van der Waals surface area contributed by atoms with E-state index in [2.05, 4.69) is 0 Å². The summed E-state index contributed by atoms with van der Waals surface area (Å²) < 4.78 is 20.3. The maximum atomic E-state index is 11.0. The monoisotopic (exact) mass is 290 g/mol. The van der Waals surface area contributed by atoms with Crippen molar-refractivity contribution in [2.45, 2.75) is 59.5 Å². The molecule has 0 saturated carbocycles. The van der Waals surface area contributed by atoms with Crippen LogP contribution in [0.25, 0.3) is 0 Å². The van der Waals surface area contributed by atoms with Crippen LogP contribution >= 0.6 is 0 Å². The van der Waals surface area contributed by atoms with Gasteiger partial charge in [-0.25, -0.2) is 0 Å². The van der Waals surface area contributed by atoms with Crippen LogP contribution < -0.4 is 0 Å². The molecule has 0 N–H and O–H groups in total. The molecule has 0 aromatic rings. The van der Waals surface area contributed by atoms with E-state index in [1.54, 1.807) is 6.92 Å². The van der Waals surface area contributed by atoms with Crippen LogP contribution in [-0.4, -0.2) is 43.0 Å². The van der Waals surface area contributed by atoms with Gasteiger partial charge in [-0.2, -0.15) is 0 Å².